The quantitative estimate of drug-likeness (QED) is 0.365. The van der Waals surface area contributed by atoms with Gasteiger partial charge in [-0.2, -0.15) is 0 Å². The molecule has 0 aliphatic rings. The first-order valence-corrected chi connectivity index (χ1v) is 4.92. The minimum atomic E-state index is -0.477. The molecule has 1 aromatic rings. The Labute approximate surface area is 85.4 Å². The van der Waals surface area contributed by atoms with Gasteiger partial charge in [0.2, 0.25) is 0 Å². The van der Waals surface area contributed by atoms with Crippen LogP contribution in [-0.4, -0.2) is 9.91 Å². The molecule has 0 amide bonds. The molecule has 1 heterocycles. The van der Waals surface area contributed by atoms with Gasteiger partial charge in [-0.25, -0.2) is 4.98 Å². The first kappa shape index (κ1) is 9.60. The van der Waals surface area contributed by atoms with Crippen molar-refractivity contribution >= 4 is 37.5 Å². The van der Waals surface area contributed by atoms with E-state index in [2.05, 4.69) is 36.8 Å². The highest BCUT2D eigenvalue weighted by Gasteiger charge is 2.12. The van der Waals surface area contributed by atoms with Crippen molar-refractivity contribution in [1.29, 1.82) is 0 Å². The second-order valence-electron chi connectivity index (χ2n) is 2.00. The van der Waals surface area contributed by atoms with Gasteiger partial charge >= 0.3 is 5.69 Å². The molecule has 4 nitrogen and oxygen atoms in total. The fourth-order valence-electron chi connectivity index (χ4n) is 0.675. The summed E-state index contributed by atoms with van der Waals surface area (Å²) in [5.41, 5.74) is 0.743. The Morgan fingerprint density at radius 3 is 2.67 bits per heavy atom. The summed E-state index contributed by atoms with van der Waals surface area (Å²) in [6.07, 6.45) is 0. The van der Waals surface area contributed by atoms with Gasteiger partial charge in [0.25, 0.3) is 0 Å². The smallest absolute Gasteiger partial charge is 0.258 e. The van der Waals surface area contributed by atoms with Gasteiger partial charge in [0, 0.05) is 11.4 Å². The fraction of sp³-hybridized carbons (Fsp3) is 0.167. The number of aromatic nitrogens is 1. The van der Waals surface area contributed by atoms with Crippen LogP contribution in [0.2, 0.25) is 0 Å². The minimum Gasteiger partial charge on any atom is -0.258 e. The highest BCUT2D eigenvalue weighted by atomic mass is 79.9. The lowest BCUT2D eigenvalue weighted by Crippen LogP contribution is -1.93. The first-order chi connectivity index (χ1) is 5.65. The number of rotatable bonds is 2. The molecule has 0 aliphatic heterocycles. The minimum absolute atomic E-state index is 0.0142. The summed E-state index contributed by atoms with van der Waals surface area (Å²) in [6, 6.07) is 3.03. The van der Waals surface area contributed by atoms with E-state index in [1.807, 2.05) is 0 Å². The third-order valence-corrected chi connectivity index (χ3v) is 2.38. The maximum Gasteiger partial charge on any atom is 0.301 e. The van der Waals surface area contributed by atoms with Crippen LogP contribution in [0.15, 0.2) is 16.7 Å². The van der Waals surface area contributed by atoms with Crippen LogP contribution in [0.5, 0.6) is 0 Å². The Morgan fingerprint density at radius 1 is 1.58 bits per heavy atom. The van der Waals surface area contributed by atoms with E-state index >= 15 is 0 Å². The molecule has 1 aromatic heterocycles. The van der Waals surface area contributed by atoms with Crippen LogP contribution in [-0.2, 0) is 5.33 Å². The molecule has 6 heteroatoms. The maximum absolute atomic E-state index is 10.3. The summed E-state index contributed by atoms with van der Waals surface area (Å²) in [5.74, 6) is 0. The molecule has 0 unspecified atom stereocenters. The summed E-state index contributed by atoms with van der Waals surface area (Å²) < 4.78 is 0.268. The van der Waals surface area contributed by atoms with Gasteiger partial charge < -0.3 is 0 Å². The lowest BCUT2D eigenvalue weighted by atomic mass is 10.3. The van der Waals surface area contributed by atoms with Gasteiger partial charge in [-0.1, -0.05) is 15.9 Å². The molecule has 0 saturated carbocycles. The van der Waals surface area contributed by atoms with E-state index in [1.165, 1.54) is 6.07 Å². The molecular weight excluding hydrogens is 292 g/mol. The molecule has 1 rings (SSSR count). The van der Waals surface area contributed by atoms with Crippen LogP contribution >= 0.6 is 31.9 Å². The van der Waals surface area contributed by atoms with Crippen LogP contribution < -0.4 is 0 Å². The summed E-state index contributed by atoms with van der Waals surface area (Å²) in [6.45, 7) is 0. The molecule has 0 saturated heterocycles. The van der Waals surface area contributed by atoms with E-state index in [0.717, 1.165) is 5.69 Å². The van der Waals surface area contributed by atoms with Crippen LogP contribution in [0, 0.1) is 10.1 Å². The highest BCUT2D eigenvalue weighted by Crippen LogP contribution is 2.22. The van der Waals surface area contributed by atoms with Crippen molar-refractivity contribution in [1.82, 2.24) is 4.98 Å². The normalized spacial score (nSPS) is 9.83. The Hall–Kier alpha value is -0.490. The van der Waals surface area contributed by atoms with Gasteiger partial charge in [0.15, 0.2) is 4.60 Å². The predicted molar refractivity (Wildman–Crippen MR) is 51.2 cm³/mol. The van der Waals surface area contributed by atoms with E-state index in [4.69, 9.17) is 0 Å². The van der Waals surface area contributed by atoms with Crippen molar-refractivity contribution in [2.24, 2.45) is 0 Å². The largest absolute Gasteiger partial charge is 0.301 e. The monoisotopic (exact) mass is 294 g/mol. The van der Waals surface area contributed by atoms with Crippen molar-refractivity contribution < 1.29 is 4.92 Å². The lowest BCUT2D eigenvalue weighted by Gasteiger charge is -1.96. The zero-order chi connectivity index (χ0) is 9.14. The van der Waals surface area contributed by atoms with E-state index in [-0.39, 0.29) is 10.3 Å². The second kappa shape index (κ2) is 3.95. The Kier molecular flexibility index (Phi) is 3.16. The van der Waals surface area contributed by atoms with E-state index in [9.17, 15) is 10.1 Å². The number of pyridine rings is 1. The van der Waals surface area contributed by atoms with Gasteiger partial charge in [-0.05, 0) is 22.0 Å². The van der Waals surface area contributed by atoms with E-state index < -0.39 is 4.92 Å². The average molecular weight is 296 g/mol. The van der Waals surface area contributed by atoms with Crippen LogP contribution in [0.25, 0.3) is 0 Å². The standard InChI is InChI=1S/C6H4Br2N2O2/c7-3-4-1-2-5(10(11)12)6(8)9-4/h1-2H,3H2. The van der Waals surface area contributed by atoms with Crippen LogP contribution in [0.1, 0.15) is 5.69 Å². The molecule has 12 heavy (non-hydrogen) atoms. The molecule has 0 aromatic carbocycles. The second-order valence-corrected chi connectivity index (χ2v) is 3.32. The Balaban J connectivity index is 3.12. The summed E-state index contributed by atoms with van der Waals surface area (Å²) in [7, 11) is 0. The number of alkyl halides is 1. The summed E-state index contributed by atoms with van der Waals surface area (Å²) >= 11 is 6.21. The zero-order valence-electron chi connectivity index (χ0n) is 5.83. The zero-order valence-corrected chi connectivity index (χ0v) is 9.00. The third kappa shape index (κ3) is 2.01. The topological polar surface area (TPSA) is 56.0 Å². The van der Waals surface area contributed by atoms with Gasteiger partial charge in [0.05, 0.1) is 10.6 Å². The molecule has 0 bridgehead atoms. The van der Waals surface area contributed by atoms with E-state index in [1.54, 1.807) is 6.07 Å². The molecule has 0 N–H and O–H groups in total. The molecule has 0 atom stereocenters. The first-order valence-electron chi connectivity index (χ1n) is 3.01. The molecular formula is C6H4Br2N2O2. The van der Waals surface area contributed by atoms with Gasteiger partial charge in [0.1, 0.15) is 0 Å². The summed E-state index contributed by atoms with van der Waals surface area (Å²) in [5, 5.41) is 10.9. The number of nitrogens with zero attached hydrogens (tertiary/aromatic N) is 2. The molecule has 64 valence electrons. The van der Waals surface area contributed by atoms with Crippen molar-refractivity contribution in [2.45, 2.75) is 5.33 Å². The van der Waals surface area contributed by atoms with Gasteiger partial charge in [-0.3, -0.25) is 10.1 Å². The molecule has 0 aliphatic carbocycles. The van der Waals surface area contributed by atoms with Crippen molar-refractivity contribution in [3.8, 4) is 0 Å². The van der Waals surface area contributed by atoms with E-state index in [0.29, 0.717) is 5.33 Å². The number of nitro groups is 1. The molecule has 0 spiro atoms. The Morgan fingerprint density at radius 2 is 2.25 bits per heavy atom. The predicted octanol–water partition coefficient (Wildman–Crippen LogP) is 2.65. The molecule has 0 radical (unpaired) electrons. The van der Waals surface area contributed by atoms with Crippen LogP contribution in [0.3, 0.4) is 0 Å². The number of hydrogen-bond acceptors (Lipinski definition) is 3. The SMILES string of the molecule is O=[N+]([O-])c1ccc(CBr)nc1Br. The lowest BCUT2D eigenvalue weighted by molar-refractivity contribution is -0.386. The molecule has 0 fully saturated rings. The van der Waals surface area contributed by atoms with Crippen LogP contribution in [0.4, 0.5) is 5.69 Å². The Bertz CT molecular complexity index is 316. The number of halogens is 2. The van der Waals surface area contributed by atoms with Crippen molar-refractivity contribution in [3.63, 3.8) is 0 Å². The fourth-order valence-corrected chi connectivity index (χ4v) is 1.49. The van der Waals surface area contributed by atoms with Gasteiger partial charge in [-0.15, -0.1) is 0 Å². The van der Waals surface area contributed by atoms with Crippen molar-refractivity contribution in [2.75, 3.05) is 0 Å². The highest BCUT2D eigenvalue weighted by molar-refractivity contribution is 9.10. The third-order valence-electron chi connectivity index (χ3n) is 1.22. The summed E-state index contributed by atoms with van der Waals surface area (Å²) in [4.78, 5) is 13.8. The average Bonchev–Trinajstić information content (AvgIpc) is 2.03. The maximum atomic E-state index is 10.3. The van der Waals surface area contributed by atoms with Crippen molar-refractivity contribution in [3.05, 3.63) is 32.5 Å². The number of hydrogen-bond donors (Lipinski definition) is 0.